The number of rotatable bonds is 5. The zero-order valence-corrected chi connectivity index (χ0v) is 15.1. The highest BCUT2D eigenvalue weighted by Crippen LogP contribution is 2.25. The van der Waals surface area contributed by atoms with Crippen LogP contribution in [0.5, 0.6) is 0 Å². The summed E-state index contributed by atoms with van der Waals surface area (Å²) in [5.74, 6) is 0.802. The Labute approximate surface area is 145 Å². The fraction of sp³-hybridized carbons (Fsp3) is 0.353. The lowest BCUT2D eigenvalue weighted by atomic mass is 9.95. The van der Waals surface area contributed by atoms with Crippen molar-refractivity contribution in [2.45, 2.75) is 13.8 Å². The Bertz CT molecular complexity index is 880. The first-order chi connectivity index (χ1) is 11.4. The summed E-state index contributed by atoms with van der Waals surface area (Å²) in [6.07, 6.45) is 7.61. The SMILES string of the molecule is CSCC(C)(C)C(=O)Nc1ccc2nn(-c3cnn(C)c3)cc2c1. The molecule has 3 aromatic rings. The first kappa shape index (κ1) is 16.6. The number of carbonyl (C=O) groups is 1. The molecule has 3 rings (SSSR count). The molecule has 0 bridgehead atoms. The molecule has 0 radical (unpaired) electrons. The van der Waals surface area contributed by atoms with Gasteiger partial charge < -0.3 is 5.32 Å². The minimum Gasteiger partial charge on any atom is -0.326 e. The van der Waals surface area contributed by atoms with E-state index in [4.69, 9.17) is 0 Å². The molecule has 0 saturated heterocycles. The summed E-state index contributed by atoms with van der Waals surface area (Å²) >= 11 is 1.67. The molecule has 0 aliphatic heterocycles. The molecule has 2 aromatic heterocycles. The molecule has 2 heterocycles. The van der Waals surface area contributed by atoms with Gasteiger partial charge in [-0.15, -0.1) is 0 Å². The number of nitrogens with zero attached hydrogens (tertiary/aromatic N) is 4. The Morgan fingerprint density at radius 2 is 2.12 bits per heavy atom. The van der Waals surface area contributed by atoms with Crippen LogP contribution in [-0.4, -0.2) is 37.5 Å². The van der Waals surface area contributed by atoms with Crippen molar-refractivity contribution in [3.8, 4) is 5.69 Å². The quantitative estimate of drug-likeness (QED) is 0.773. The minimum atomic E-state index is -0.408. The second kappa shape index (κ2) is 6.32. The lowest BCUT2D eigenvalue weighted by Gasteiger charge is -2.22. The molecule has 0 unspecified atom stereocenters. The normalized spacial score (nSPS) is 11.8. The van der Waals surface area contributed by atoms with E-state index < -0.39 is 5.41 Å². The molecular weight excluding hydrogens is 322 g/mol. The number of carbonyl (C=O) groups excluding carboxylic acids is 1. The Kier molecular flexibility index (Phi) is 4.36. The summed E-state index contributed by atoms with van der Waals surface area (Å²) in [4.78, 5) is 12.4. The fourth-order valence-electron chi connectivity index (χ4n) is 2.49. The van der Waals surface area contributed by atoms with Gasteiger partial charge in [0.1, 0.15) is 5.69 Å². The molecule has 1 aromatic carbocycles. The Hall–Kier alpha value is -2.28. The van der Waals surface area contributed by atoms with Crippen LogP contribution in [0.25, 0.3) is 16.6 Å². The highest BCUT2D eigenvalue weighted by atomic mass is 32.2. The monoisotopic (exact) mass is 343 g/mol. The standard InChI is InChI=1S/C17H21N5OS/c1-17(2,11-24-4)16(23)19-13-5-6-15-12(7-13)9-22(20-15)14-8-18-21(3)10-14/h5-10H,11H2,1-4H3,(H,19,23). The topological polar surface area (TPSA) is 64.7 Å². The third kappa shape index (κ3) is 3.31. The zero-order valence-electron chi connectivity index (χ0n) is 14.3. The van der Waals surface area contributed by atoms with Crippen molar-refractivity contribution in [3.05, 3.63) is 36.8 Å². The van der Waals surface area contributed by atoms with E-state index in [1.807, 2.05) is 57.7 Å². The van der Waals surface area contributed by atoms with Crippen LogP contribution in [0.2, 0.25) is 0 Å². The molecule has 1 amide bonds. The zero-order chi connectivity index (χ0) is 17.3. The van der Waals surface area contributed by atoms with E-state index in [2.05, 4.69) is 15.5 Å². The largest absolute Gasteiger partial charge is 0.326 e. The van der Waals surface area contributed by atoms with E-state index in [1.165, 1.54) is 0 Å². The van der Waals surface area contributed by atoms with Crippen LogP contribution in [-0.2, 0) is 11.8 Å². The van der Waals surface area contributed by atoms with Crippen LogP contribution in [0.15, 0.2) is 36.8 Å². The number of fused-ring (bicyclic) bond motifs is 1. The van der Waals surface area contributed by atoms with E-state index in [1.54, 1.807) is 27.3 Å². The summed E-state index contributed by atoms with van der Waals surface area (Å²) in [6.45, 7) is 3.91. The van der Waals surface area contributed by atoms with Crippen molar-refractivity contribution < 1.29 is 4.79 Å². The first-order valence-electron chi connectivity index (χ1n) is 7.68. The number of hydrogen-bond donors (Lipinski definition) is 1. The van der Waals surface area contributed by atoms with Gasteiger partial charge in [-0.3, -0.25) is 9.48 Å². The molecule has 0 spiro atoms. The molecule has 0 fully saturated rings. The Balaban J connectivity index is 1.85. The van der Waals surface area contributed by atoms with Crippen molar-refractivity contribution in [2.75, 3.05) is 17.3 Å². The van der Waals surface area contributed by atoms with E-state index in [9.17, 15) is 4.79 Å². The van der Waals surface area contributed by atoms with Gasteiger partial charge in [0.05, 0.1) is 23.3 Å². The molecule has 0 aliphatic rings. The average Bonchev–Trinajstić information content (AvgIpc) is 3.12. The Morgan fingerprint density at radius 3 is 2.79 bits per heavy atom. The lowest BCUT2D eigenvalue weighted by Crippen LogP contribution is -2.32. The predicted octanol–water partition coefficient (Wildman–Crippen LogP) is 3.09. The highest BCUT2D eigenvalue weighted by molar-refractivity contribution is 7.98. The van der Waals surface area contributed by atoms with Crippen molar-refractivity contribution in [1.82, 2.24) is 19.6 Å². The summed E-state index contributed by atoms with van der Waals surface area (Å²) in [7, 11) is 1.87. The number of aryl methyl sites for hydroxylation is 1. The van der Waals surface area contributed by atoms with Crippen molar-refractivity contribution in [1.29, 1.82) is 0 Å². The maximum Gasteiger partial charge on any atom is 0.230 e. The highest BCUT2D eigenvalue weighted by Gasteiger charge is 2.27. The molecule has 24 heavy (non-hydrogen) atoms. The van der Waals surface area contributed by atoms with Gasteiger partial charge in [0.25, 0.3) is 0 Å². The maximum absolute atomic E-state index is 12.4. The lowest BCUT2D eigenvalue weighted by molar-refractivity contribution is -0.122. The molecule has 0 atom stereocenters. The van der Waals surface area contributed by atoms with Crippen LogP contribution < -0.4 is 5.32 Å². The van der Waals surface area contributed by atoms with Gasteiger partial charge >= 0.3 is 0 Å². The van der Waals surface area contributed by atoms with Crippen molar-refractivity contribution in [3.63, 3.8) is 0 Å². The molecule has 0 saturated carbocycles. The summed E-state index contributed by atoms with van der Waals surface area (Å²) in [5, 5.41) is 12.7. The number of hydrogen-bond acceptors (Lipinski definition) is 4. The van der Waals surface area contributed by atoms with Gasteiger partial charge in [-0.05, 0) is 24.5 Å². The van der Waals surface area contributed by atoms with Gasteiger partial charge in [0, 0.05) is 30.1 Å². The molecule has 7 heteroatoms. The van der Waals surface area contributed by atoms with Gasteiger partial charge in [0.15, 0.2) is 0 Å². The van der Waals surface area contributed by atoms with Crippen molar-refractivity contribution >= 4 is 34.3 Å². The maximum atomic E-state index is 12.4. The third-order valence-corrected chi connectivity index (χ3v) is 4.85. The summed E-state index contributed by atoms with van der Waals surface area (Å²) < 4.78 is 3.53. The minimum absolute atomic E-state index is 0.0239. The summed E-state index contributed by atoms with van der Waals surface area (Å²) in [6, 6.07) is 5.75. The van der Waals surface area contributed by atoms with Crippen LogP contribution in [0.3, 0.4) is 0 Å². The molecule has 0 aliphatic carbocycles. The van der Waals surface area contributed by atoms with Crippen molar-refractivity contribution in [2.24, 2.45) is 12.5 Å². The second-order valence-corrected chi connectivity index (χ2v) is 7.36. The van der Waals surface area contributed by atoms with Crippen LogP contribution >= 0.6 is 11.8 Å². The van der Waals surface area contributed by atoms with E-state index in [-0.39, 0.29) is 5.91 Å². The van der Waals surface area contributed by atoms with E-state index in [0.29, 0.717) is 0 Å². The first-order valence-corrected chi connectivity index (χ1v) is 9.07. The molecular formula is C17H21N5OS. The number of nitrogens with one attached hydrogen (secondary N) is 1. The predicted molar refractivity (Wildman–Crippen MR) is 98.6 cm³/mol. The number of anilines is 1. The Morgan fingerprint density at radius 1 is 1.33 bits per heavy atom. The van der Waals surface area contributed by atoms with E-state index in [0.717, 1.165) is 28.0 Å². The smallest absolute Gasteiger partial charge is 0.230 e. The third-order valence-electron chi connectivity index (χ3n) is 3.84. The number of benzene rings is 1. The molecule has 1 N–H and O–H groups in total. The van der Waals surface area contributed by atoms with E-state index >= 15 is 0 Å². The second-order valence-electron chi connectivity index (χ2n) is 6.49. The number of aromatic nitrogens is 4. The number of amides is 1. The average molecular weight is 343 g/mol. The van der Waals surface area contributed by atoms with Crippen LogP contribution in [0.1, 0.15) is 13.8 Å². The van der Waals surface area contributed by atoms with Crippen LogP contribution in [0, 0.1) is 5.41 Å². The number of thioether (sulfide) groups is 1. The van der Waals surface area contributed by atoms with Gasteiger partial charge in [-0.1, -0.05) is 13.8 Å². The van der Waals surface area contributed by atoms with Gasteiger partial charge in [0.2, 0.25) is 5.91 Å². The molecule has 6 nitrogen and oxygen atoms in total. The van der Waals surface area contributed by atoms with Gasteiger partial charge in [-0.2, -0.15) is 22.0 Å². The molecule has 126 valence electrons. The van der Waals surface area contributed by atoms with Gasteiger partial charge in [-0.25, -0.2) is 4.68 Å². The summed E-state index contributed by atoms with van der Waals surface area (Å²) in [5.41, 5.74) is 2.15. The van der Waals surface area contributed by atoms with Crippen LogP contribution in [0.4, 0.5) is 5.69 Å². The fourth-order valence-corrected chi connectivity index (χ4v) is 3.34.